The molecule has 0 radical (unpaired) electrons. The van der Waals surface area contributed by atoms with E-state index in [2.05, 4.69) is 8.83 Å². The zero-order chi connectivity index (χ0) is 29.6. The Hall–Kier alpha value is 1.80. The number of ether oxygens (including phenoxy) is 1. The Morgan fingerprint density at radius 1 is 1.05 bits per heavy atom. The summed E-state index contributed by atoms with van der Waals surface area (Å²) in [6, 6.07) is 0.938. The van der Waals surface area contributed by atoms with Gasteiger partial charge >= 0.3 is 124 Å². The van der Waals surface area contributed by atoms with E-state index in [1.165, 1.54) is 0 Å². The standard InChI is InChI=1S/C9H14N2O12P2.C6H10O7.4Na/c12-5-1-2-11(9(15)10-5)8-7(14)6(13)4(22-8)3-21-25(19,20)23-24(16,17)18;7-1-2(8)3(9)4(10)5(11)6(12)13;;;;/h1-2,4,6-8,13-14H,3H2,(H,19,20)(H,10,12,15)(H2,16,17,18);1-5,8-11H,(H,12,13);;;;/q;;4*+1/p-4/t4-,6-,7-,8-;2-,3+,4-,5-;;;;/m10..../s1. The molecule has 9 atom stereocenters. The molecule has 7 N–H and O–H groups in total. The van der Waals surface area contributed by atoms with Crippen molar-refractivity contribution in [3.8, 4) is 0 Å². The third-order valence-corrected chi connectivity index (χ3v) is 6.53. The second-order valence-corrected chi connectivity index (χ2v) is 9.91. The molecule has 0 saturated carbocycles. The van der Waals surface area contributed by atoms with Crippen LogP contribution >= 0.6 is 15.6 Å². The van der Waals surface area contributed by atoms with Gasteiger partial charge in [-0.15, -0.1) is 0 Å². The molecule has 1 aliphatic rings. The minimum Gasteiger partial charge on any atom is -0.790 e. The SMILES string of the molecule is O=C[C@H](O)[C@@H](O)[C@H](O)[C@H](O)C(=O)[O-].O=c1ccn([C@@H]2O[C@H](COP(=O)([O-])OP(=O)([O-])[O-])[C@@H](O)[C@H]2O)c(=O)[nH]1.[Na+].[Na+].[Na+].[Na+]. The Kier molecular flexibility index (Phi) is 27.0. The molecule has 0 aliphatic carbocycles. The van der Waals surface area contributed by atoms with Gasteiger partial charge in [0.25, 0.3) is 13.4 Å². The molecule has 218 valence electrons. The Bertz CT molecular complexity index is 1180. The first-order valence-electron chi connectivity index (χ1n) is 9.71. The molecule has 1 aromatic heterocycles. The van der Waals surface area contributed by atoms with Gasteiger partial charge in [-0.2, -0.15) is 0 Å². The first kappa shape index (κ1) is 50.7. The van der Waals surface area contributed by atoms with Gasteiger partial charge in [0, 0.05) is 12.3 Å². The van der Waals surface area contributed by atoms with Crippen LogP contribution in [0.1, 0.15) is 6.23 Å². The summed E-state index contributed by atoms with van der Waals surface area (Å²) in [7, 11) is -11.4. The van der Waals surface area contributed by atoms with Crippen LogP contribution in [-0.2, 0) is 32.3 Å². The normalized spacial score (nSPS) is 23.7. The van der Waals surface area contributed by atoms with Gasteiger partial charge in [-0.25, -0.2) is 4.79 Å². The van der Waals surface area contributed by atoms with Gasteiger partial charge in [0.2, 0.25) is 0 Å². The van der Waals surface area contributed by atoms with Crippen LogP contribution in [0.3, 0.4) is 0 Å². The molecule has 0 amide bonds. The number of aromatic amines is 1. The van der Waals surface area contributed by atoms with Crippen LogP contribution < -0.4 is 149 Å². The van der Waals surface area contributed by atoms with Crippen molar-refractivity contribution in [3.63, 3.8) is 0 Å². The smallest absolute Gasteiger partial charge is 0.790 e. The van der Waals surface area contributed by atoms with Gasteiger partial charge in [-0.3, -0.25) is 23.2 Å². The van der Waals surface area contributed by atoms with Crippen molar-refractivity contribution < 1.29 is 201 Å². The van der Waals surface area contributed by atoms with Crippen LogP contribution in [-0.4, -0.2) is 102 Å². The summed E-state index contributed by atoms with van der Waals surface area (Å²) in [6.07, 6.45) is -14.2. The number of nitrogens with one attached hydrogen (secondary N) is 1. The zero-order valence-corrected chi connectivity index (χ0v) is 32.2. The minimum atomic E-state index is -5.88. The summed E-state index contributed by atoms with van der Waals surface area (Å²) in [6.45, 7) is -1.02. The molecule has 1 saturated heterocycles. The van der Waals surface area contributed by atoms with E-state index in [1.54, 1.807) is 0 Å². The fraction of sp³-hybridized carbons (Fsp3) is 0.600. The number of rotatable bonds is 11. The van der Waals surface area contributed by atoms with Crippen molar-refractivity contribution in [3.05, 3.63) is 33.1 Å². The largest absolute Gasteiger partial charge is 1.00 e. The Morgan fingerprint density at radius 3 is 2.00 bits per heavy atom. The van der Waals surface area contributed by atoms with Crippen molar-refractivity contribution in [1.82, 2.24) is 9.55 Å². The number of aliphatic carboxylic acids is 1. The van der Waals surface area contributed by atoms with Gasteiger partial charge < -0.3 is 73.8 Å². The number of H-pyrrole nitrogens is 1. The second-order valence-electron chi connectivity index (χ2n) is 7.21. The fourth-order valence-corrected chi connectivity index (χ4v) is 4.14. The van der Waals surface area contributed by atoms with E-state index in [0.29, 0.717) is 0 Å². The molecule has 27 heteroatoms. The van der Waals surface area contributed by atoms with Crippen LogP contribution in [0.5, 0.6) is 0 Å². The molecular weight excluding hydrogens is 666 g/mol. The third-order valence-electron chi connectivity index (χ3n) is 4.46. The molecule has 1 aliphatic heterocycles. The predicted molar refractivity (Wildman–Crippen MR) is 105 cm³/mol. The van der Waals surface area contributed by atoms with Crippen LogP contribution in [0.25, 0.3) is 0 Å². The summed E-state index contributed by atoms with van der Waals surface area (Å²) >= 11 is 0. The van der Waals surface area contributed by atoms with Gasteiger partial charge in [0.1, 0.15) is 42.7 Å². The summed E-state index contributed by atoms with van der Waals surface area (Å²) in [4.78, 5) is 76.1. The number of phosphoric ester groups is 1. The number of aliphatic hydroxyl groups excluding tert-OH is 6. The van der Waals surface area contributed by atoms with Gasteiger partial charge in [-0.1, -0.05) is 0 Å². The zero-order valence-electron chi connectivity index (χ0n) is 22.4. The summed E-state index contributed by atoms with van der Waals surface area (Å²) in [5.41, 5.74) is -1.69. The number of aliphatic hydroxyl groups is 6. The van der Waals surface area contributed by atoms with Crippen molar-refractivity contribution in [2.24, 2.45) is 0 Å². The van der Waals surface area contributed by atoms with E-state index >= 15 is 0 Å². The molecule has 0 spiro atoms. The van der Waals surface area contributed by atoms with Crippen LogP contribution in [0, 0.1) is 0 Å². The molecule has 0 aromatic carbocycles. The number of carboxylic acids is 1. The van der Waals surface area contributed by atoms with Crippen LogP contribution in [0.2, 0.25) is 0 Å². The van der Waals surface area contributed by atoms with Gasteiger partial charge in [0.15, 0.2) is 12.5 Å². The van der Waals surface area contributed by atoms with E-state index in [-0.39, 0.29) is 125 Å². The van der Waals surface area contributed by atoms with Crippen LogP contribution in [0.4, 0.5) is 0 Å². The average molecular weight is 686 g/mol. The summed E-state index contributed by atoms with van der Waals surface area (Å²) in [5.74, 6) is -2.01. The Labute approximate surface area is 323 Å². The number of phosphoric acid groups is 2. The Balaban J connectivity index is -0.000000369. The van der Waals surface area contributed by atoms with Crippen molar-refractivity contribution in [2.45, 2.75) is 49.0 Å². The molecule has 0 bridgehead atoms. The van der Waals surface area contributed by atoms with Crippen LogP contribution in [0.15, 0.2) is 21.9 Å². The molecule has 21 nitrogen and oxygen atoms in total. The quantitative estimate of drug-likeness (QED) is 0.0645. The van der Waals surface area contributed by atoms with Crippen molar-refractivity contribution >= 4 is 27.9 Å². The maximum Gasteiger partial charge on any atom is 1.00 e. The number of aromatic nitrogens is 2. The number of carbonyl (C=O) groups excluding carboxylic acids is 2. The molecule has 1 fully saturated rings. The maximum atomic E-state index is 11.6. The number of aldehydes is 1. The number of carboxylic acid groups (broad SMARTS) is 1. The van der Waals surface area contributed by atoms with Crippen molar-refractivity contribution in [2.75, 3.05) is 6.61 Å². The number of hydrogen-bond donors (Lipinski definition) is 7. The van der Waals surface area contributed by atoms with E-state index in [9.17, 15) is 58.3 Å². The molecule has 2 rings (SSSR count). The maximum absolute atomic E-state index is 11.6. The second kappa shape index (κ2) is 22.4. The monoisotopic (exact) mass is 686 g/mol. The average Bonchev–Trinajstić information content (AvgIpc) is 3.08. The molecule has 42 heavy (non-hydrogen) atoms. The van der Waals surface area contributed by atoms with E-state index in [4.69, 9.17) is 25.2 Å². The molecular formula is C15H20N2Na4O19P2. The van der Waals surface area contributed by atoms with Crippen molar-refractivity contribution in [1.29, 1.82) is 0 Å². The van der Waals surface area contributed by atoms with Gasteiger partial charge in [0.05, 0.1) is 20.4 Å². The van der Waals surface area contributed by atoms with Gasteiger partial charge in [-0.05, 0) is 0 Å². The topological polar surface area (TPSA) is 364 Å². The van der Waals surface area contributed by atoms with E-state index in [1.807, 2.05) is 4.98 Å². The Morgan fingerprint density at radius 2 is 1.57 bits per heavy atom. The summed E-state index contributed by atoms with van der Waals surface area (Å²) < 4.78 is 34.6. The number of nitrogens with zero attached hydrogens (tertiary/aromatic N) is 1. The molecule has 2 heterocycles. The summed E-state index contributed by atoms with van der Waals surface area (Å²) in [5, 5.41) is 64.5. The fourth-order valence-electron chi connectivity index (χ4n) is 2.64. The minimum absolute atomic E-state index is 0. The number of hydrogen-bond acceptors (Lipinski definition) is 19. The number of carbonyl (C=O) groups is 2. The third kappa shape index (κ3) is 16.6. The van der Waals surface area contributed by atoms with E-state index < -0.39 is 88.4 Å². The van der Waals surface area contributed by atoms with E-state index in [0.717, 1.165) is 16.8 Å². The molecule has 1 aromatic rings. The predicted octanol–water partition coefficient (Wildman–Crippen LogP) is -21.1. The first-order valence-corrected chi connectivity index (χ1v) is 12.6. The molecule has 1 unspecified atom stereocenters. The first-order chi connectivity index (χ1) is 17.3.